The molecule has 1 aromatic carbocycles. The van der Waals surface area contributed by atoms with Gasteiger partial charge in [0, 0.05) is 21.4 Å². The maximum absolute atomic E-state index is 10.6. The van der Waals surface area contributed by atoms with Crippen LogP contribution in [-0.2, 0) is 6.42 Å². The molecule has 2 rings (SSSR count). The van der Waals surface area contributed by atoms with Gasteiger partial charge in [-0.3, -0.25) is 10.1 Å². The Morgan fingerprint density at radius 1 is 1.50 bits per heavy atom. The van der Waals surface area contributed by atoms with Crippen molar-refractivity contribution < 1.29 is 4.92 Å². The summed E-state index contributed by atoms with van der Waals surface area (Å²) in [7, 11) is 0. The lowest BCUT2D eigenvalue weighted by molar-refractivity contribution is -0.384. The van der Waals surface area contributed by atoms with Gasteiger partial charge in [0.1, 0.15) is 0 Å². The molecule has 86 valence electrons. The molecule has 16 heavy (non-hydrogen) atoms. The Hall–Kier alpha value is -0.420. The number of nitrogens with zero attached hydrogens (tertiary/aromatic N) is 1. The molecule has 0 saturated heterocycles. The van der Waals surface area contributed by atoms with Gasteiger partial charge in [0.2, 0.25) is 0 Å². The average molecular weight is 349 g/mol. The van der Waals surface area contributed by atoms with Crippen molar-refractivity contribution >= 4 is 37.5 Å². The van der Waals surface area contributed by atoms with Gasteiger partial charge in [-0.15, -0.1) is 0 Å². The number of non-ortho nitro benzene ring substituents is 1. The van der Waals surface area contributed by atoms with Crippen molar-refractivity contribution in [1.82, 2.24) is 0 Å². The molecule has 1 unspecified atom stereocenters. The molecule has 1 atom stereocenters. The number of hydrogen-bond donors (Lipinski definition) is 0. The largest absolute Gasteiger partial charge is 0.270 e. The second-order valence-corrected chi connectivity index (χ2v) is 6.12. The van der Waals surface area contributed by atoms with Gasteiger partial charge in [-0.25, -0.2) is 0 Å². The molecule has 1 aliphatic rings. The van der Waals surface area contributed by atoms with Crippen LogP contribution in [-0.4, -0.2) is 9.75 Å². The van der Waals surface area contributed by atoms with E-state index in [0.29, 0.717) is 4.83 Å². The Morgan fingerprint density at radius 3 is 2.69 bits per heavy atom. The highest BCUT2D eigenvalue weighted by Gasteiger charge is 2.29. The van der Waals surface area contributed by atoms with Crippen LogP contribution in [0.2, 0.25) is 0 Å². The molecule has 1 aromatic rings. The first-order chi connectivity index (χ1) is 7.58. The van der Waals surface area contributed by atoms with Crippen LogP contribution in [0.1, 0.15) is 18.4 Å². The summed E-state index contributed by atoms with van der Waals surface area (Å²) >= 11 is 7.06. The topological polar surface area (TPSA) is 43.1 Å². The average Bonchev–Trinajstić information content (AvgIpc) is 3.03. The summed E-state index contributed by atoms with van der Waals surface area (Å²) in [5.74, 6) is 0.780. The third-order valence-corrected chi connectivity index (χ3v) is 4.61. The van der Waals surface area contributed by atoms with E-state index in [2.05, 4.69) is 31.9 Å². The van der Waals surface area contributed by atoms with E-state index in [-0.39, 0.29) is 10.6 Å². The molecule has 0 aromatic heterocycles. The molecule has 1 fully saturated rings. The predicted octanol–water partition coefficient (Wildman–Crippen LogP) is 4.07. The molecule has 0 aliphatic heterocycles. The maximum Gasteiger partial charge on any atom is 0.270 e. The fraction of sp³-hybridized carbons (Fsp3) is 0.455. The number of nitro groups is 1. The minimum absolute atomic E-state index is 0.133. The number of benzene rings is 1. The molecule has 0 bridgehead atoms. The Bertz CT molecular complexity index is 418. The Balaban J connectivity index is 2.12. The van der Waals surface area contributed by atoms with Gasteiger partial charge >= 0.3 is 0 Å². The quantitative estimate of drug-likeness (QED) is 0.467. The van der Waals surface area contributed by atoms with Gasteiger partial charge in [-0.1, -0.05) is 37.9 Å². The Kier molecular flexibility index (Phi) is 3.64. The molecule has 0 amide bonds. The molecular formula is C11H11Br2NO2. The number of nitro benzene ring substituents is 1. The lowest BCUT2D eigenvalue weighted by atomic mass is 10.1. The van der Waals surface area contributed by atoms with Crippen LogP contribution >= 0.6 is 31.9 Å². The van der Waals surface area contributed by atoms with Crippen LogP contribution in [0.25, 0.3) is 0 Å². The molecule has 1 saturated carbocycles. The summed E-state index contributed by atoms with van der Waals surface area (Å²) in [5, 5.41) is 10.6. The lowest BCUT2D eigenvalue weighted by Gasteiger charge is -2.09. The summed E-state index contributed by atoms with van der Waals surface area (Å²) in [6.07, 6.45) is 3.50. The van der Waals surface area contributed by atoms with Gasteiger partial charge < -0.3 is 0 Å². The van der Waals surface area contributed by atoms with Crippen LogP contribution < -0.4 is 0 Å². The Labute approximate surface area is 111 Å². The summed E-state index contributed by atoms with van der Waals surface area (Å²) in [6, 6.07) is 4.97. The zero-order chi connectivity index (χ0) is 11.7. The molecular weight excluding hydrogens is 338 g/mol. The molecule has 0 radical (unpaired) electrons. The van der Waals surface area contributed by atoms with E-state index in [1.165, 1.54) is 12.8 Å². The third-order valence-electron chi connectivity index (χ3n) is 2.80. The fourth-order valence-corrected chi connectivity index (χ4v) is 3.06. The van der Waals surface area contributed by atoms with Crippen LogP contribution in [0.3, 0.4) is 0 Å². The first-order valence-corrected chi connectivity index (χ1v) is 6.85. The van der Waals surface area contributed by atoms with Crippen molar-refractivity contribution in [3.8, 4) is 0 Å². The van der Waals surface area contributed by atoms with Gasteiger partial charge in [-0.2, -0.15) is 0 Å². The monoisotopic (exact) mass is 347 g/mol. The van der Waals surface area contributed by atoms with Gasteiger partial charge in [0.25, 0.3) is 5.69 Å². The van der Waals surface area contributed by atoms with Crippen molar-refractivity contribution in [3.63, 3.8) is 0 Å². The first-order valence-electron chi connectivity index (χ1n) is 5.15. The highest BCUT2D eigenvalue weighted by Crippen LogP contribution is 2.39. The second-order valence-electron chi connectivity index (χ2n) is 4.09. The van der Waals surface area contributed by atoms with Crippen LogP contribution in [0.4, 0.5) is 5.69 Å². The van der Waals surface area contributed by atoms with Crippen LogP contribution in [0.15, 0.2) is 22.7 Å². The normalized spacial score (nSPS) is 17.1. The van der Waals surface area contributed by atoms with Crippen molar-refractivity contribution in [3.05, 3.63) is 38.3 Å². The SMILES string of the molecule is O=[N+]([O-])c1ccc(CC(Br)C2CC2)c(Br)c1. The standard InChI is InChI=1S/C11H11Br2NO2/c12-10(7-1-2-7)5-8-3-4-9(14(15)16)6-11(8)13/h3-4,6-7,10H,1-2,5H2. The highest BCUT2D eigenvalue weighted by molar-refractivity contribution is 9.10. The minimum atomic E-state index is -0.374. The molecule has 0 heterocycles. The van der Waals surface area contributed by atoms with E-state index in [9.17, 15) is 10.1 Å². The van der Waals surface area contributed by atoms with E-state index in [1.54, 1.807) is 12.1 Å². The summed E-state index contributed by atoms with van der Waals surface area (Å²) in [6.45, 7) is 0. The van der Waals surface area contributed by atoms with E-state index < -0.39 is 0 Å². The van der Waals surface area contributed by atoms with Gasteiger partial charge in [-0.05, 0) is 30.7 Å². The van der Waals surface area contributed by atoms with E-state index in [1.807, 2.05) is 6.07 Å². The fourth-order valence-electron chi connectivity index (χ4n) is 1.65. The van der Waals surface area contributed by atoms with Crippen molar-refractivity contribution in [2.45, 2.75) is 24.1 Å². The number of rotatable bonds is 4. The van der Waals surface area contributed by atoms with Crippen LogP contribution in [0, 0.1) is 16.0 Å². The minimum Gasteiger partial charge on any atom is -0.258 e. The van der Waals surface area contributed by atoms with Gasteiger partial charge in [0.15, 0.2) is 0 Å². The first kappa shape index (κ1) is 12.0. The zero-order valence-corrected chi connectivity index (χ0v) is 11.7. The summed E-state index contributed by atoms with van der Waals surface area (Å²) in [4.78, 5) is 10.7. The van der Waals surface area contributed by atoms with Crippen molar-refractivity contribution in [1.29, 1.82) is 0 Å². The van der Waals surface area contributed by atoms with E-state index >= 15 is 0 Å². The Morgan fingerprint density at radius 2 is 2.19 bits per heavy atom. The predicted molar refractivity (Wildman–Crippen MR) is 69.9 cm³/mol. The number of halogens is 2. The summed E-state index contributed by atoms with van der Waals surface area (Å²) < 4.78 is 0.826. The molecule has 5 heteroatoms. The van der Waals surface area contributed by atoms with Crippen molar-refractivity contribution in [2.24, 2.45) is 5.92 Å². The smallest absolute Gasteiger partial charge is 0.258 e. The lowest BCUT2D eigenvalue weighted by Crippen LogP contribution is -2.05. The third kappa shape index (κ3) is 2.83. The van der Waals surface area contributed by atoms with Crippen LogP contribution in [0.5, 0.6) is 0 Å². The van der Waals surface area contributed by atoms with E-state index in [4.69, 9.17) is 0 Å². The molecule has 0 N–H and O–H groups in total. The van der Waals surface area contributed by atoms with Crippen molar-refractivity contribution in [2.75, 3.05) is 0 Å². The number of hydrogen-bond acceptors (Lipinski definition) is 2. The highest BCUT2D eigenvalue weighted by atomic mass is 79.9. The molecule has 3 nitrogen and oxygen atoms in total. The zero-order valence-electron chi connectivity index (χ0n) is 8.53. The molecule has 1 aliphatic carbocycles. The number of alkyl halides is 1. The molecule has 0 spiro atoms. The second kappa shape index (κ2) is 4.84. The van der Waals surface area contributed by atoms with Gasteiger partial charge in [0.05, 0.1) is 4.92 Å². The summed E-state index contributed by atoms with van der Waals surface area (Å²) in [5.41, 5.74) is 1.26. The van der Waals surface area contributed by atoms with E-state index in [0.717, 1.165) is 22.4 Å². The maximum atomic E-state index is 10.6.